The number of hydrogen-bond donors (Lipinski definition) is 0. The van der Waals surface area contributed by atoms with Gasteiger partial charge in [0.05, 0.1) is 25.4 Å². The van der Waals surface area contributed by atoms with Gasteiger partial charge in [-0.2, -0.15) is 0 Å². The second-order valence-electron chi connectivity index (χ2n) is 5.34. The number of benzene rings is 1. The smallest absolute Gasteiger partial charge is 0.249 e. The molecule has 0 N–H and O–H groups in total. The van der Waals surface area contributed by atoms with Gasteiger partial charge >= 0.3 is 0 Å². The van der Waals surface area contributed by atoms with E-state index in [4.69, 9.17) is 0 Å². The molecule has 0 saturated carbocycles. The standard InChI is InChI=1S/C16H13N4/c1-18-15-13-7-3-2-5-11(13)10-19(15)14-9-12-6-4-8-17-20(12)16(14)18/h2-9H,10H2,1H3/q+1. The van der Waals surface area contributed by atoms with Crippen molar-refractivity contribution >= 4 is 16.7 Å². The van der Waals surface area contributed by atoms with E-state index in [1.165, 1.54) is 22.5 Å². The summed E-state index contributed by atoms with van der Waals surface area (Å²) in [6, 6.07) is 14.9. The first-order valence-electron chi connectivity index (χ1n) is 6.78. The molecule has 3 aromatic heterocycles. The molecule has 0 radical (unpaired) electrons. The third kappa shape index (κ3) is 1.04. The third-order valence-electron chi connectivity index (χ3n) is 4.26. The molecule has 0 fully saturated rings. The minimum absolute atomic E-state index is 0.944. The molecule has 0 unspecified atom stereocenters. The molecular formula is C16H13N4+. The summed E-state index contributed by atoms with van der Waals surface area (Å²) < 4.78 is 6.65. The summed E-state index contributed by atoms with van der Waals surface area (Å²) in [5, 5.41) is 4.48. The fourth-order valence-corrected chi connectivity index (χ4v) is 3.42. The Kier molecular flexibility index (Phi) is 1.67. The van der Waals surface area contributed by atoms with Crippen LogP contribution in [-0.4, -0.2) is 14.2 Å². The van der Waals surface area contributed by atoms with Crippen LogP contribution >= 0.6 is 0 Å². The highest BCUT2D eigenvalue weighted by atomic mass is 15.3. The van der Waals surface area contributed by atoms with Crippen LogP contribution in [0.25, 0.3) is 28.1 Å². The maximum atomic E-state index is 4.48. The van der Waals surface area contributed by atoms with Gasteiger partial charge in [-0.25, -0.2) is 9.13 Å². The fraction of sp³-hybridized carbons (Fsp3) is 0.125. The Balaban J connectivity index is 1.98. The molecule has 0 saturated heterocycles. The van der Waals surface area contributed by atoms with Gasteiger partial charge in [-0.15, -0.1) is 9.61 Å². The number of imidazole rings is 1. The average Bonchev–Trinajstić information content (AvgIpc) is 3.10. The van der Waals surface area contributed by atoms with Crippen LogP contribution in [0.15, 0.2) is 48.7 Å². The molecule has 4 nitrogen and oxygen atoms in total. The Morgan fingerprint density at radius 3 is 3.00 bits per heavy atom. The van der Waals surface area contributed by atoms with Gasteiger partial charge in [-0.05, 0) is 23.8 Å². The summed E-state index contributed by atoms with van der Waals surface area (Å²) >= 11 is 0. The van der Waals surface area contributed by atoms with Crippen molar-refractivity contribution in [1.29, 1.82) is 0 Å². The summed E-state index contributed by atoms with van der Waals surface area (Å²) in [5.74, 6) is 1.27. The SMILES string of the molecule is C[n+]1c2n(c3cc4cccnn4c31)Cc1ccccc1-2. The zero-order valence-corrected chi connectivity index (χ0v) is 11.1. The molecule has 4 heteroatoms. The van der Waals surface area contributed by atoms with Crippen LogP contribution in [0, 0.1) is 0 Å². The lowest BCUT2D eigenvalue weighted by atomic mass is 10.1. The first-order valence-corrected chi connectivity index (χ1v) is 6.78. The summed E-state index contributed by atoms with van der Waals surface area (Å²) in [6.07, 6.45) is 1.84. The second-order valence-corrected chi connectivity index (χ2v) is 5.34. The van der Waals surface area contributed by atoms with Crippen LogP contribution in [0.3, 0.4) is 0 Å². The van der Waals surface area contributed by atoms with E-state index in [0.717, 1.165) is 17.7 Å². The molecule has 5 rings (SSSR count). The van der Waals surface area contributed by atoms with E-state index in [1.54, 1.807) is 0 Å². The molecule has 0 amide bonds. The quantitative estimate of drug-likeness (QED) is 0.392. The highest BCUT2D eigenvalue weighted by Crippen LogP contribution is 2.33. The fourth-order valence-electron chi connectivity index (χ4n) is 3.42. The van der Waals surface area contributed by atoms with Crippen molar-refractivity contribution in [3.8, 4) is 11.4 Å². The van der Waals surface area contributed by atoms with Crippen molar-refractivity contribution < 1.29 is 4.57 Å². The maximum Gasteiger partial charge on any atom is 0.292 e. The van der Waals surface area contributed by atoms with E-state index in [1.807, 2.05) is 16.8 Å². The van der Waals surface area contributed by atoms with Crippen molar-refractivity contribution in [3.63, 3.8) is 0 Å². The lowest BCUT2D eigenvalue weighted by Gasteiger charge is -1.97. The lowest BCUT2D eigenvalue weighted by Crippen LogP contribution is -2.30. The van der Waals surface area contributed by atoms with E-state index in [0.29, 0.717) is 0 Å². The molecule has 4 aromatic rings. The van der Waals surface area contributed by atoms with Crippen LogP contribution in [0.4, 0.5) is 0 Å². The monoisotopic (exact) mass is 261 g/mol. The average molecular weight is 261 g/mol. The molecule has 96 valence electrons. The van der Waals surface area contributed by atoms with Crippen molar-refractivity contribution in [1.82, 2.24) is 14.2 Å². The minimum Gasteiger partial charge on any atom is -0.249 e. The van der Waals surface area contributed by atoms with E-state index >= 15 is 0 Å². The van der Waals surface area contributed by atoms with E-state index in [2.05, 4.69) is 57.7 Å². The minimum atomic E-state index is 0.944. The zero-order chi connectivity index (χ0) is 13.3. The van der Waals surface area contributed by atoms with Gasteiger partial charge in [0.15, 0.2) is 5.52 Å². The van der Waals surface area contributed by atoms with Crippen LogP contribution < -0.4 is 4.57 Å². The number of rotatable bonds is 0. The molecule has 1 aliphatic heterocycles. The molecule has 0 aliphatic carbocycles. The van der Waals surface area contributed by atoms with Crippen molar-refractivity contribution in [2.45, 2.75) is 6.54 Å². The Bertz CT molecular complexity index is 990. The van der Waals surface area contributed by atoms with Gasteiger partial charge in [-0.1, -0.05) is 18.2 Å². The van der Waals surface area contributed by atoms with Crippen LogP contribution in [0.5, 0.6) is 0 Å². The number of nitrogens with zero attached hydrogens (tertiary/aromatic N) is 4. The summed E-state index contributed by atoms with van der Waals surface area (Å²) in [7, 11) is 2.12. The topological polar surface area (TPSA) is 26.1 Å². The summed E-state index contributed by atoms with van der Waals surface area (Å²) in [4.78, 5) is 0. The first-order chi connectivity index (χ1) is 9.84. The Hall–Kier alpha value is -2.62. The highest BCUT2D eigenvalue weighted by molar-refractivity contribution is 5.83. The van der Waals surface area contributed by atoms with Gasteiger partial charge in [0.2, 0.25) is 5.82 Å². The molecule has 1 aromatic carbocycles. The summed E-state index contributed by atoms with van der Waals surface area (Å²) in [6.45, 7) is 0.944. The van der Waals surface area contributed by atoms with Gasteiger partial charge < -0.3 is 0 Å². The first kappa shape index (κ1) is 10.2. The van der Waals surface area contributed by atoms with Gasteiger partial charge in [0.1, 0.15) is 5.52 Å². The maximum absolute atomic E-state index is 4.48. The van der Waals surface area contributed by atoms with Gasteiger partial charge in [0, 0.05) is 6.07 Å². The zero-order valence-electron chi connectivity index (χ0n) is 11.1. The summed E-state index contributed by atoms with van der Waals surface area (Å²) in [5.41, 5.74) is 6.26. The van der Waals surface area contributed by atoms with Crippen molar-refractivity contribution in [2.75, 3.05) is 0 Å². The number of hydrogen-bond acceptors (Lipinski definition) is 1. The van der Waals surface area contributed by atoms with Crippen molar-refractivity contribution in [2.24, 2.45) is 7.05 Å². The van der Waals surface area contributed by atoms with Gasteiger partial charge in [0.25, 0.3) is 5.65 Å². The Labute approximate surface area is 115 Å². The van der Waals surface area contributed by atoms with E-state index in [-0.39, 0.29) is 0 Å². The highest BCUT2D eigenvalue weighted by Gasteiger charge is 2.32. The molecule has 0 spiro atoms. The molecule has 0 atom stereocenters. The molecular weight excluding hydrogens is 248 g/mol. The number of fused-ring (bicyclic) bond motifs is 7. The third-order valence-corrected chi connectivity index (χ3v) is 4.26. The van der Waals surface area contributed by atoms with E-state index in [9.17, 15) is 0 Å². The number of aryl methyl sites for hydroxylation is 1. The lowest BCUT2D eigenvalue weighted by molar-refractivity contribution is -0.636. The predicted molar refractivity (Wildman–Crippen MR) is 76.4 cm³/mol. The number of aromatic nitrogens is 4. The second kappa shape index (κ2) is 3.28. The van der Waals surface area contributed by atoms with Crippen LogP contribution in [0.1, 0.15) is 5.56 Å². The molecule has 1 aliphatic rings. The molecule has 4 heterocycles. The van der Waals surface area contributed by atoms with E-state index < -0.39 is 0 Å². The van der Waals surface area contributed by atoms with Crippen molar-refractivity contribution in [3.05, 3.63) is 54.2 Å². The molecule has 20 heavy (non-hydrogen) atoms. The van der Waals surface area contributed by atoms with Crippen LogP contribution in [0.2, 0.25) is 0 Å². The molecule has 0 bridgehead atoms. The Morgan fingerprint density at radius 2 is 2.05 bits per heavy atom. The Morgan fingerprint density at radius 1 is 1.15 bits per heavy atom. The van der Waals surface area contributed by atoms with Crippen LogP contribution in [-0.2, 0) is 13.6 Å². The predicted octanol–water partition coefficient (Wildman–Crippen LogP) is 2.14. The van der Waals surface area contributed by atoms with Gasteiger partial charge in [-0.3, -0.25) is 0 Å². The largest absolute Gasteiger partial charge is 0.292 e. The normalized spacial score (nSPS) is 13.1.